The maximum atomic E-state index is 6.13. The van der Waals surface area contributed by atoms with Gasteiger partial charge in [0.2, 0.25) is 0 Å². The topological polar surface area (TPSA) is 44.9 Å². The van der Waals surface area contributed by atoms with Crippen LogP contribution in [0, 0.1) is 5.92 Å². The van der Waals surface area contributed by atoms with Crippen molar-refractivity contribution in [3.8, 4) is 0 Å². The second kappa shape index (κ2) is 6.98. The summed E-state index contributed by atoms with van der Waals surface area (Å²) in [6, 6.07) is 0. The molecule has 0 amide bonds. The average molecular weight is 252 g/mol. The Morgan fingerprint density at radius 3 is 2.50 bits per heavy atom. The van der Waals surface area contributed by atoms with Crippen LogP contribution in [0.15, 0.2) is 4.99 Å². The predicted octanol–water partition coefficient (Wildman–Crippen LogP) is 1.52. The third kappa shape index (κ3) is 3.87. The molecule has 0 saturated carbocycles. The molecule has 0 spiro atoms. The number of likely N-dealkylation sites (tertiary alicyclic amines) is 2. The summed E-state index contributed by atoms with van der Waals surface area (Å²) in [6.45, 7) is 8.95. The second-order valence-electron chi connectivity index (χ2n) is 5.65. The summed E-state index contributed by atoms with van der Waals surface area (Å²) < 4.78 is 0. The molecule has 1 unspecified atom stereocenters. The van der Waals surface area contributed by atoms with Crippen LogP contribution >= 0.6 is 0 Å². The third-order valence-electron chi connectivity index (χ3n) is 4.26. The van der Waals surface area contributed by atoms with E-state index in [0.29, 0.717) is 0 Å². The molecule has 2 aliphatic heterocycles. The highest BCUT2D eigenvalue weighted by Gasteiger charge is 2.21. The van der Waals surface area contributed by atoms with Gasteiger partial charge in [0, 0.05) is 26.2 Å². The van der Waals surface area contributed by atoms with Crippen molar-refractivity contribution >= 4 is 5.96 Å². The van der Waals surface area contributed by atoms with Gasteiger partial charge >= 0.3 is 0 Å². The van der Waals surface area contributed by atoms with Gasteiger partial charge in [0.1, 0.15) is 0 Å². The fourth-order valence-electron chi connectivity index (χ4n) is 2.97. The van der Waals surface area contributed by atoms with Crippen molar-refractivity contribution < 1.29 is 0 Å². The van der Waals surface area contributed by atoms with Gasteiger partial charge in [-0.1, -0.05) is 19.8 Å². The second-order valence-corrected chi connectivity index (χ2v) is 5.65. The van der Waals surface area contributed by atoms with Crippen LogP contribution < -0.4 is 5.73 Å². The fourth-order valence-corrected chi connectivity index (χ4v) is 2.97. The van der Waals surface area contributed by atoms with E-state index in [2.05, 4.69) is 21.7 Å². The zero-order valence-corrected chi connectivity index (χ0v) is 11.8. The molecule has 0 bridgehead atoms. The summed E-state index contributed by atoms with van der Waals surface area (Å²) >= 11 is 0. The first kappa shape index (κ1) is 13.7. The van der Waals surface area contributed by atoms with Crippen molar-refractivity contribution in [2.75, 3.05) is 39.3 Å². The summed E-state index contributed by atoms with van der Waals surface area (Å²) in [5.74, 6) is 1.50. The molecule has 18 heavy (non-hydrogen) atoms. The lowest BCUT2D eigenvalue weighted by Crippen LogP contribution is -2.38. The van der Waals surface area contributed by atoms with E-state index in [4.69, 9.17) is 5.73 Å². The van der Waals surface area contributed by atoms with Crippen LogP contribution in [0.4, 0.5) is 0 Å². The van der Waals surface area contributed by atoms with Crippen molar-refractivity contribution in [1.82, 2.24) is 9.80 Å². The number of nitrogens with two attached hydrogens (primary N) is 1. The molecule has 2 rings (SSSR count). The number of aliphatic imine (C=N–C) groups is 1. The van der Waals surface area contributed by atoms with Gasteiger partial charge in [0.05, 0.1) is 0 Å². The highest BCUT2D eigenvalue weighted by atomic mass is 15.2. The Kier molecular flexibility index (Phi) is 5.29. The molecular weight excluding hydrogens is 224 g/mol. The summed E-state index contributed by atoms with van der Waals surface area (Å²) in [4.78, 5) is 9.41. The Balaban J connectivity index is 1.77. The standard InChI is InChI=1S/C14H28N4/c1-2-17-10-7-13(12-17)11-16-14(15)18-8-5-3-4-6-9-18/h13H,2-12H2,1H3,(H2,15,16). The number of nitrogens with zero attached hydrogens (tertiary/aromatic N) is 3. The molecule has 0 aromatic rings. The van der Waals surface area contributed by atoms with E-state index >= 15 is 0 Å². The van der Waals surface area contributed by atoms with E-state index < -0.39 is 0 Å². The van der Waals surface area contributed by atoms with Gasteiger partial charge < -0.3 is 15.5 Å². The van der Waals surface area contributed by atoms with E-state index in [0.717, 1.165) is 31.5 Å². The predicted molar refractivity (Wildman–Crippen MR) is 76.8 cm³/mol. The van der Waals surface area contributed by atoms with Crippen LogP contribution in [0.5, 0.6) is 0 Å². The Hall–Kier alpha value is -0.770. The molecule has 2 N–H and O–H groups in total. The summed E-state index contributed by atoms with van der Waals surface area (Å²) in [5, 5.41) is 0. The Morgan fingerprint density at radius 1 is 1.17 bits per heavy atom. The minimum Gasteiger partial charge on any atom is -0.370 e. The van der Waals surface area contributed by atoms with Gasteiger partial charge in [-0.25, -0.2) is 0 Å². The Morgan fingerprint density at radius 2 is 1.89 bits per heavy atom. The molecule has 2 saturated heterocycles. The molecule has 4 nitrogen and oxygen atoms in total. The first-order valence-corrected chi connectivity index (χ1v) is 7.57. The third-order valence-corrected chi connectivity index (χ3v) is 4.26. The van der Waals surface area contributed by atoms with Crippen molar-refractivity contribution in [1.29, 1.82) is 0 Å². The average Bonchev–Trinajstić information content (AvgIpc) is 2.68. The van der Waals surface area contributed by atoms with Gasteiger partial charge in [-0.2, -0.15) is 0 Å². The highest BCUT2D eigenvalue weighted by molar-refractivity contribution is 5.78. The largest absolute Gasteiger partial charge is 0.370 e. The summed E-state index contributed by atoms with van der Waals surface area (Å²) in [7, 11) is 0. The molecular formula is C14H28N4. The minimum atomic E-state index is 0.718. The molecule has 104 valence electrons. The summed E-state index contributed by atoms with van der Waals surface area (Å²) in [6.07, 6.45) is 6.51. The van der Waals surface area contributed by atoms with E-state index in [9.17, 15) is 0 Å². The van der Waals surface area contributed by atoms with Crippen LogP contribution in [0.3, 0.4) is 0 Å². The molecule has 2 heterocycles. The van der Waals surface area contributed by atoms with E-state index in [1.54, 1.807) is 0 Å². The highest BCUT2D eigenvalue weighted by Crippen LogP contribution is 2.16. The quantitative estimate of drug-likeness (QED) is 0.612. The molecule has 0 aliphatic carbocycles. The monoisotopic (exact) mass is 252 g/mol. The first-order chi connectivity index (χ1) is 8.79. The lowest BCUT2D eigenvalue weighted by atomic mass is 10.1. The van der Waals surface area contributed by atoms with E-state index in [-0.39, 0.29) is 0 Å². The number of rotatable bonds is 3. The molecule has 1 atom stereocenters. The van der Waals surface area contributed by atoms with Gasteiger partial charge in [-0.05, 0) is 38.3 Å². The fraction of sp³-hybridized carbons (Fsp3) is 0.929. The van der Waals surface area contributed by atoms with Crippen LogP contribution in [-0.4, -0.2) is 55.0 Å². The van der Waals surface area contributed by atoms with Gasteiger partial charge in [-0.3, -0.25) is 4.99 Å². The normalized spacial score (nSPS) is 27.5. The summed E-state index contributed by atoms with van der Waals surface area (Å²) in [5.41, 5.74) is 6.13. The van der Waals surface area contributed by atoms with E-state index in [1.165, 1.54) is 51.7 Å². The number of hydrogen-bond acceptors (Lipinski definition) is 2. The van der Waals surface area contributed by atoms with E-state index in [1.807, 2.05) is 0 Å². The maximum absolute atomic E-state index is 6.13. The number of guanidine groups is 1. The minimum absolute atomic E-state index is 0.718. The van der Waals surface area contributed by atoms with Crippen molar-refractivity contribution in [2.24, 2.45) is 16.6 Å². The molecule has 2 fully saturated rings. The Labute approximate surface area is 111 Å². The van der Waals surface area contributed by atoms with Crippen LogP contribution in [-0.2, 0) is 0 Å². The zero-order valence-electron chi connectivity index (χ0n) is 11.8. The van der Waals surface area contributed by atoms with Crippen LogP contribution in [0.2, 0.25) is 0 Å². The Bertz CT molecular complexity index is 269. The molecule has 0 aromatic carbocycles. The van der Waals surface area contributed by atoms with Crippen molar-refractivity contribution in [3.63, 3.8) is 0 Å². The van der Waals surface area contributed by atoms with Crippen LogP contribution in [0.1, 0.15) is 39.0 Å². The van der Waals surface area contributed by atoms with Crippen molar-refractivity contribution in [2.45, 2.75) is 39.0 Å². The smallest absolute Gasteiger partial charge is 0.191 e. The van der Waals surface area contributed by atoms with Gasteiger partial charge in [0.25, 0.3) is 0 Å². The maximum Gasteiger partial charge on any atom is 0.191 e. The lowest BCUT2D eigenvalue weighted by molar-refractivity contribution is 0.343. The van der Waals surface area contributed by atoms with Gasteiger partial charge in [-0.15, -0.1) is 0 Å². The SMILES string of the molecule is CCN1CCC(CN=C(N)N2CCCCCC2)C1. The van der Waals surface area contributed by atoms with Crippen molar-refractivity contribution in [3.05, 3.63) is 0 Å². The van der Waals surface area contributed by atoms with Gasteiger partial charge in [0.15, 0.2) is 5.96 Å². The molecule has 2 aliphatic rings. The lowest BCUT2D eigenvalue weighted by Gasteiger charge is -2.21. The number of hydrogen-bond donors (Lipinski definition) is 1. The molecule has 0 radical (unpaired) electrons. The van der Waals surface area contributed by atoms with Crippen LogP contribution in [0.25, 0.3) is 0 Å². The zero-order chi connectivity index (χ0) is 12.8. The molecule has 4 heteroatoms. The molecule has 0 aromatic heterocycles. The first-order valence-electron chi connectivity index (χ1n) is 7.57.